The molecule has 1 unspecified atom stereocenters. The summed E-state index contributed by atoms with van der Waals surface area (Å²) in [5.41, 5.74) is 3.62. The van der Waals surface area contributed by atoms with Crippen molar-refractivity contribution in [1.29, 1.82) is 0 Å². The van der Waals surface area contributed by atoms with E-state index in [-0.39, 0.29) is 18.2 Å². The lowest BCUT2D eigenvalue weighted by atomic mass is 10.00. The highest BCUT2D eigenvalue weighted by atomic mass is 16.5. The second-order valence-electron chi connectivity index (χ2n) is 8.94. The zero-order chi connectivity index (χ0) is 22.1. The van der Waals surface area contributed by atoms with Crippen LogP contribution in [0, 0.1) is 0 Å². The lowest BCUT2D eigenvalue weighted by Crippen LogP contribution is -2.41. The van der Waals surface area contributed by atoms with Gasteiger partial charge in [0.15, 0.2) is 0 Å². The highest BCUT2D eigenvalue weighted by molar-refractivity contribution is 5.84. The summed E-state index contributed by atoms with van der Waals surface area (Å²) in [4.78, 5) is 17.5. The second-order valence-corrected chi connectivity index (χ2v) is 8.94. The fourth-order valence-corrected chi connectivity index (χ4v) is 4.82. The standard InChI is InChI=1S/C25H30N4O3/c1-18-14-28(10-11-32-18)22-6-7-24-21(12-22)13-26-29(25(24)31)17-23(30)16-27-9-8-19-4-2-3-5-20(19)15-27/h2-7,12-13,18,23,30H,8-11,14-17H2,1H3/t18?,23-/m1/s1. The van der Waals surface area contributed by atoms with Crippen molar-refractivity contribution in [2.45, 2.75) is 38.6 Å². The maximum absolute atomic E-state index is 13.0. The summed E-state index contributed by atoms with van der Waals surface area (Å²) in [5, 5.41) is 16.5. The molecule has 0 amide bonds. The molecule has 2 aliphatic rings. The molecule has 0 bridgehead atoms. The SMILES string of the molecule is CC1CN(c2ccc3c(=O)n(C[C@H](O)CN4CCc5ccccc5C4)ncc3c2)CCO1. The Balaban J connectivity index is 1.27. The number of nitrogens with zero attached hydrogens (tertiary/aromatic N) is 4. The maximum atomic E-state index is 13.0. The molecular weight excluding hydrogens is 404 g/mol. The number of benzene rings is 2. The van der Waals surface area contributed by atoms with Gasteiger partial charge in [0.1, 0.15) is 0 Å². The van der Waals surface area contributed by atoms with Gasteiger partial charge in [-0.05, 0) is 42.7 Å². The van der Waals surface area contributed by atoms with Crippen LogP contribution >= 0.6 is 0 Å². The van der Waals surface area contributed by atoms with E-state index in [1.165, 1.54) is 15.8 Å². The molecule has 0 saturated carbocycles. The minimum atomic E-state index is -0.656. The van der Waals surface area contributed by atoms with Crippen molar-refractivity contribution in [3.8, 4) is 0 Å². The molecule has 2 aliphatic heterocycles. The molecule has 1 saturated heterocycles. The largest absolute Gasteiger partial charge is 0.390 e. The topological polar surface area (TPSA) is 70.8 Å². The summed E-state index contributed by atoms with van der Waals surface area (Å²) in [6.45, 7) is 6.91. The van der Waals surface area contributed by atoms with Crippen molar-refractivity contribution >= 4 is 16.5 Å². The van der Waals surface area contributed by atoms with E-state index < -0.39 is 6.10 Å². The lowest BCUT2D eigenvalue weighted by Gasteiger charge is -2.33. The number of hydrogen-bond acceptors (Lipinski definition) is 6. The van der Waals surface area contributed by atoms with Crippen molar-refractivity contribution in [3.05, 3.63) is 70.1 Å². The predicted molar refractivity (Wildman–Crippen MR) is 125 cm³/mol. The van der Waals surface area contributed by atoms with Gasteiger partial charge in [-0.1, -0.05) is 24.3 Å². The minimum absolute atomic E-state index is 0.160. The zero-order valence-electron chi connectivity index (χ0n) is 18.5. The molecule has 7 nitrogen and oxygen atoms in total. The van der Waals surface area contributed by atoms with Crippen molar-refractivity contribution in [1.82, 2.24) is 14.7 Å². The Hall–Kier alpha value is -2.74. The first kappa shape index (κ1) is 21.1. The molecule has 1 aromatic heterocycles. The first-order valence-electron chi connectivity index (χ1n) is 11.4. The molecule has 0 spiro atoms. The van der Waals surface area contributed by atoms with Crippen molar-refractivity contribution in [3.63, 3.8) is 0 Å². The molecule has 0 aliphatic carbocycles. The van der Waals surface area contributed by atoms with Gasteiger partial charge in [-0.15, -0.1) is 0 Å². The Morgan fingerprint density at radius 2 is 2.00 bits per heavy atom. The number of fused-ring (bicyclic) bond motifs is 2. The highest BCUT2D eigenvalue weighted by Gasteiger charge is 2.20. The van der Waals surface area contributed by atoms with Crippen molar-refractivity contribution in [2.24, 2.45) is 0 Å². The monoisotopic (exact) mass is 434 g/mol. The Labute approximate surface area is 187 Å². The van der Waals surface area contributed by atoms with Crippen LogP contribution in [0.3, 0.4) is 0 Å². The molecule has 5 rings (SSSR count). The smallest absolute Gasteiger partial charge is 0.274 e. The van der Waals surface area contributed by atoms with Crippen LogP contribution in [-0.2, 0) is 24.2 Å². The van der Waals surface area contributed by atoms with Crippen LogP contribution in [0.1, 0.15) is 18.1 Å². The number of rotatable bonds is 5. The molecule has 3 heterocycles. The van der Waals surface area contributed by atoms with Crippen LogP contribution in [0.2, 0.25) is 0 Å². The number of morpholine rings is 1. The number of anilines is 1. The highest BCUT2D eigenvalue weighted by Crippen LogP contribution is 2.22. The molecule has 1 N–H and O–H groups in total. The fraction of sp³-hybridized carbons (Fsp3) is 0.440. The minimum Gasteiger partial charge on any atom is -0.390 e. The zero-order valence-corrected chi connectivity index (χ0v) is 18.5. The van der Waals surface area contributed by atoms with E-state index in [0.29, 0.717) is 18.5 Å². The van der Waals surface area contributed by atoms with Crippen LogP contribution in [0.5, 0.6) is 0 Å². The normalized spacial score (nSPS) is 20.3. The Bertz CT molecular complexity index is 1160. The molecule has 3 aromatic rings. The molecule has 32 heavy (non-hydrogen) atoms. The van der Waals surface area contributed by atoms with Gasteiger partial charge in [-0.2, -0.15) is 5.10 Å². The first-order valence-corrected chi connectivity index (χ1v) is 11.4. The van der Waals surface area contributed by atoms with E-state index in [2.05, 4.69) is 46.1 Å². The van der Waals surface area contributed by atoms with Gasteiger partial charge in [0.25, 0.3) is 5.56 Å². The van der Waals surface area contributed by atoms with E-state index in [4.69, 9.17) is 4.74 Å². The Morgan fingerprint density at radius 3 is 2.84 bits per heavy atom. The van der Waals surface area contributed by atoms with Gasteiger partial charge in [0.2, 0.25) is 0 Å². The Morgan fingerprint density at radius 1 is 1.16 bits per heavy atom. The molecular formula is C25H30N4O3. The van der Waals surface area contributed by atoms with E-state index in [9.17, 15) is 9.90 Å². The van der Waals surface area contributed by atoms with Crippen molar-refractivity contribution in [2.75, 3.05) is 37.7 Å². The van der Waals surface area contributed by atoms with Crippen LogP contribution in [0.15, 0.2) is 53.5 Å². The van der Waals surface area contributed by atoms with Gasteiger partial charge < -0.3 is 14.7 Å². The van der Waals surface area contributed by atoms with Crippen LogP contribution in [0.25, 0.3) is 10.8 Å². The second kappa shape index (κ2) is 9.02. The number of aromatic nitrogens is 2. The first-order chi connectivity index (χ1) is 15.6. The van der Waals surface area contributed by atoms with Gasteiger partial charge in [0, 0.05) is 43.8 Å². The number of aliphatic hydroxyl groups is 1. The average molecular weight is 435 g/mol. The lowest BCUT2D eigenvalue weighted by molar-refractivity contribution is 0.0532. The van der Waals surface area contributed by atoms with E-state index in [1.54, 1.807) is 6.20 Å². The van der Waals surface area contributed by atoms with Crippen LogP contribution in [0.4, 0.5) is 5.69 Å². The summed E-state index contributed by atoms with van der Waals surface area (Å²) >= 11 is 0. The summed E-state index contributed by atoms with van der Waals surface area (Å²) in [7, 11) is 0. The van der Waals surface area contributed by atoms with E-state index >= 15 is 0 Å². The van der Waals surface area contributed by atoms with Crippen LogP contribution in [-0.4, -0.2) is 64.8 Å². The van der Waals surface area contributed by atoms with Gasteiger partial charge in [-0.3, -0.25) is 9.69 Å². The molecule has 2 aromatic carbocycles. The number of β-amino-alcohol motifs (C(OH)–C–C–N with tert-alkyl or cyclic N) is 1. The number of hydrogen-bond donors (Lipinski definition) is 1. The molecule has 168 valence electrons. The maximum Gasteiger partial charge on any atom is 0.274 e. The molecule has 7 heteroatoms. The quantitative estimate of drug-likeness (QED) is 0.663. The third-order valence-electron chi connectivity index (χ3n) is 6.50. The third kappa shape index (κ3) is 4.41. The average Bonchev–Trinajstić information content (AvgIpc) is 2.80. The Kier molecular flexibility index (Phi) is 5.95. The predicted octanol–water partition coefficient (Wildman–Crippen LogP) is 2.04. The van der Waals surface area contributed by atoms with Gasteiger partial charge in [0.05, 0.1) is 36.9 Å². The molecule has 2 atom stereocenters. The van der Waals surface area contributed by atoms with Gasteiger partial charge >= 0.3 is 0 Å². The number of aliphatic hydroxyl groups excluding tert-OH is 1. The summed E-state index contributed by atoms with van der Waals surface area (Å²) in [6.07, 6.45) is 2.26. The fourth-order valence-electron chi connectivity index (χ4n) is 4.82. The number of ether oxygens (including phenoxy) is 1. The van der Waals surface area contributed by atoms with Crippen LogP contribution < -0.4 is 10.5 Å². The summed E-state index contributed by atoms with van der Waals surface area (Å²) in [6, 6.07) is 14.3. The molecule has 0 radical (unpaired) electrons. The third-order valence-corrected chi connectivity index (χ3v) is 6.50. The summed E-state index contributed by atoms with van der Waals surface area (Å²) in [5.74, 6) is 0. The van der Waals surface area contributed by atoms with E-state index in [1.807, 2.05) is 18.2 Å². The van der Waals surface area contributed by atoms with Gasteiger partial charge in [-0.25, -0.2) is 4.68 Å². The molecule has 1 fully saturated rings. The van der Waals surface area contributed by atoms with Crippen molar-refractivity contribution < 1.29 is 9.84 Å². The summed E-state index contributed by atoms with van der Waals surface area (Å²) < 4.78 is 7.02. The van der Waals surface area contributed by atoms with E-state index in [0.717, 1.165) is 43.7 Å².